The van der Waals surface area contributed by atoms with Crippen molar-refractivity contribution in [1.82, 2.24) is 25.2 Å². The van der Waals surface area contributed by atoms with Gasteiger partial charge in [-0.2, -0.15) is 13.2 Å². The van der Waals surface area contributed by atoms with Crippen LogP contribution in [-0.2, 0) is 19.3 Å². The number of nitrogens with zero attached hydrogens (tertiary/aromatic N) is 4. The van der Waals surface area contributed by atoms with E-state index in [0.29, 0.717) is 22.0 Å². The lowest BCUT2D eigenvalue weighted by molar-refractivity contribution is -0.137. The Morgan fingerprint density at radius 3 is 2.71 bits per heavy atom. The summed E-state index contributed by atoms with van der Waals surface area (Å²) in [6, 6.07) is 3.23. The zero-order chi connectivity index (χ0) is 25.0. The molecule has 182 valence electrons. The second kappa shape index (κ2) is 10.5. The minimum atomic E-state index is -4.63. The lowest BCUT2D eigenvalue weighted by atomic mass is 10.2. The fourth-order valence-electron chi connectivity index (χ4n) is 2.93. The second-order valence-corrected chi connectivity index (χ2v) is 8.96. The molecule has 2 heterocycles. The van der Waals surface area contributed by atoms with E-state index in [1.165, 1.54) is 18.6 Å². The van der Waals surface area contributed by atoms with Gasteiger partial charge >= 0.3 is 6.18 Å². The summed E-state index contributed by atoms with van der Waals surface area (Å²) in [5.74, 6) is -0.266. The number of rotatable bonds is 8. The highest BCUT2D eigenvalue weighted by Gasteiger charge is 2.33. The van der Waals surface area contributed by atoms with E-state index in [1.54, 1.807) is 0 Å². The average Bonchev–Trinajstić information content (AvgIpc) is 3.23. The van der Waals surface area contributed by atoms with Gasteiger partial charge in [-0.15, -0.1) is 11.3 Å². The molecule has 0 bridgehead atoms. The van der Waals surface area contributed by atoms with Crippen LogP contribution in [0.4, 0.5) is 24.7 Å². The summed E-state index contributed by atoms with van der Waals surface area (Å²) in [6.07, 6.45) is -3.38. The van der Waals surface area contributed by atoms with Gasteiger partial charge in [-0.1, -0.05) is 11.6 Å². The molecule has 1 unspecified atom stereocenters. The third-order valence-corrected chi connectivity index (χ3v) is 5.86. The molecule has 34 heavy (non-hydrogen) atoms. The summed E-state index contributed by atoms with van der Waals surface area (Å²) in [7, 11) is 3.64. The first-order valence-electron chi connectivity index (χ1n) is 9.74. The molecule has 0 aliphatic rings. The Kier molecular flexibility index (Phi) is 7.92. The zero-order valence-electron chi connectivity index (χ0n) is 18.0. The van der Waals surface area contributed by atoms with E-state index in [-0.39, 0.29) is 23.7 Å². The van der Waals surface area contributed by atoms with Crippen molar-refractivity contribution >= 4 is 40.4 Å². The average molecular weight is 516 g/mol. The van der Waals surface area contributed by atoms with Gasteiger partial charge in [0, 0.05) is 24.0 Å². The number of aromatic nitrogens is 3. The number of hydrogen-bond acceptors (Lipinski definition) is 9. The van der Waals surface area contributed by atoms with Gasteiger partial charge in [0.25, 0.3) is 5.91 Å². The number of nitrogens with one attached hydrogen (secondary N) is 2. The van der Waals surface area contributed by atoms with Gasteiger partial charge in [-0.25, -0.2) is 15.0 Å². The van der Waals surface area contributed by atoms with E-state index in [9.17, 15) is 23.1 Å². The van der Waals surface area contributed by atoms with Crippen LogP contribution in [-0.4, -0.2) is 45.0 Å². The van der Waals surface area contributed by atoms with Gasteiger partial charge in [0.15, 0.2) is 6.23 Å². The van der Waals surface area contributed by atoms with Gasteiger partial charge in [0.1, 0.15) is 22.8 Å². The lowest BCUT2D eigenvalue weighted by Crippen LogP contribution is -2.27. The van der Waals surface area contributed by atoms with Gasteiger partial charge in [-0.3, -0.25) is 4.79 Å². The first-order valence-corrected chi connectivity index (χ1v) is 10.9. The number of thiazole rings is 1. The maximum atomic E-state index is 13.0. The number of aliphatic hydroxyl groups excluding tert-OH is 1. The predicted octanol–water partition coefficient (Wildman–Crippen LogP) is 3.28. The van der Waals surface area contributed by atoms with Crippen molar-refractivity contribution in [2.45, 2.75) is 25.5 Å². The quantitative estimate of drug-likeness (QED) is 0.336. The van der Waals surface area contributed by atoms with Crippen molar-refractivity contribution in [3.05, 3.63) is 62.5 Å². The largest absolute Gasteiger partial charge is 0.417 e. The van der Waals surface area contributed by atoms with Crippen LogP contribution in [0.15, 0.2) is 30.7 Å². The monoisotopic (exact) mass is 515 g/mol. The molecule has 3 aromatic rings. The van der Waals surface area contributed by atoms with E-state index in [0.717, 1.165) is 23.5 Å². The van der Waals surface area contributed by atoms with Crippen LogP contribution in [0.5, 0.6) is 0 Å². The highest BCUT2D eigenvalue weighted by atomic mass is 35.5. The number of anilines is 2. The number of nitrogen functional groups attached to an aromatic ring is 1. The molecule has 2 aromatic heterocycles. The molecule has 1 aromatic carbocycles. The zero-order valence-corrected chi connectivity index (χ0v) is 19.6. The van der Waals surface area contributed by atoms with Crippen LogP contribution in [0.3, 0.4) is 0 Å². The molecular weight excluding hydrogens is 495 g/mol. The molecule has 0 aliphatic heterocycles. The molecule has 0 saturated carbocycles. The van der Waals surface area contributed by atoms with Crippen LogP contribution in [0.2, 0.25) is 5.02 Å². The number of nitrogens with two attached hydrogens (primary N) is 1. The summed E-state index contributed by atoms with van der Waals surface area (Å²) in [4.78, 5) is 26.9. The number of aliphatic hydroxyl groups is 1. The molecule has 1 amide bonds. The summed E-state index contributed by atoms with van der Waals surface area (Å²) in [5.41, 5.74) is 5.53. The van der Waals surface area contributed by atoms with Crippen molar-refractivity contribution in [3.8, 4) is 0 Å². The highest BCUT2D eigenvalue weighted by molar-refractivity contribution is 7.11. The fourth-order valence-corrected chi connectivity index (χ4v) is 3.95. The van der Waals surface area contributed by atoms with Crippen molar-refractivity contribution in [2.24, 2.45) is 0 Å². The molecule has 5 N–H and O–H groups in total. The smallest absolute Gasteiger partial charge is 0.383 e. The number of amides is 1. The van der Waals surface area contributed by atoms with Gasteiger partial charge < -0.3 is 26.4 Å². The predicted molar refractivity (Wildman–Crippen MR) is 122 cm³/mol. The molecule has 14 heteroatoms. The molecule has 0 saturated heterocycles. The van der Waals surface area contributed by atoms with Crippen LogP contribution in [0.1, 0.15) is 37.7 Å². The van der Waals surface area contributed by atoms with E-state index in [4.69, 9.17) is 17.3 Å². The Hall–Kier alpha value is -3.00. The summed E-state index contributed by atoms with van der Waals surface area (Å²) in [6.45, 7) is 0.413. The number of carbonyl (C=O) groups excluding carboxylic acids is 1. The number of halogens is 4. The third-order valence-electron chi connectivity index (χ3n) is 4.48. The van der Waals surface area contributed by atoms with Crippen LogP contribution in [0, 0.1) is 0 Å². The maximum absolute atomic E-state index is 13.0. The molecule has 0 aliphatic carbocycles. The van der Waals surface area contributed by atoms with Crippen LogP contribution < -0.4 is 16.4 Å². The molecule has 0 radical (unpaired) electrons. The number of benzene rings is 1. The normalized spacial score (nSPS) is 12.6. The number of carbonyl (C=O) groups is 1. The Bertz CT molecular complexity index is 1170. The van der Waals surface area contributed by atoms with E-state index >= 15 is 0 Å². The molecule has 1 atom stereocenters. The van der Waals surface area contributed by atoms with E-state index < -0.39 is 28.9 Å². The number of alkyl halides is 3. The Morgan fingerprint density at radius 2 is 2.03 bits per heavy atom. The van der Waals surface area contributed by atoms with Gasteiger partial charge in [0.2, 0.25) is 0 Å². The first-order chi connectivity index (χ1) is 16.0. The van der Waals surface area contributed by atoms with E-state index in [2.05, 4.69) is 25.6 Å². The van der Waals surface area contributed by atoms with Crippen molar-refractivity contribution < 1.29 is 23.1 Å². The standard InChI is InChI=1S/C20H21ClF3N7O2S/c1-31(2)8-11-16(28-9-29-17(11)25)19(33)27-7-15-26-6-14(34-15)18(32)30-10-3-4-13(21)12(5-10)20(22,23)24/h3-6,9,18,30,32H,7-8H2,1-2H3,(H,27,33)(H2,25,28,29). The molecule has 0 spiro atoms. The van der Waals surface area contributed by atoms with Crippen molar-refractivity contribution in [2.75, 3.05) is 25.1 Å². The van der Waals surface area contributed by atoms with Crippen molar-refractivity contribution in [1.29, 1.82) is 0 Å². The van der Waals surface area contributed by atoms with Crippen molar-refractivity contribution in [3.63, 3.8) is 0 Å². The fraction of sp³-hybridized carbons (Fsp3) is 0.300. The third kappa shape index (κ3) is 6.32. The topological polar surface area (TPSA) is 129 Å². The molecular formula is C20H21ClF3N7O2S. The van der Waals surface area contributed by atoms with Gasteiger partial charge in [0.05, 0.1) is 22.0 Å². The minimum absolute atomic E-state index is 0.0299. The molecule has 3 rings (SSSR count). The summed E-state index contributed by atoms with van der Waals surface area (Å²) >= 11 is 6.69. The van der Waals surface area contributed by atoms with Crippen LogP contribution >= 0.6 is 22.9 Å². The Morgan fingerprint density at radius 1 is 1.29 bits per heavy atom. The van der Waals surface area contributed by atoms with E-state index in [1.807, 2.05) is 19.0 Å². The maximum Gasteiger partial charge on any atom is 0.417 e. The second-order valence-electron chi connectivity index (χ2n) is 7.40. The summed E-state index contributed by atoms with van der Waals surface area (Å²) in [5, 5.41) is 15.7. The Labute approximate surface area is 201 Å². The van der Waals surface area contributed by atoms with Crippen LogP contribution in [0.25, 0.3) is 0 Å². The molecule has 9 nitrogen and oxygen atoms in total. The highest BCUT2D eigenvalue weighted by Crippen LogP contribution is 2.36. The minimum Gasteiger partial charge on any atom is -0.383 e. The number of hydrogen-bond donors (Lipinski definition) is 4. The molecule has 0 fully saturated rings. The van der Waals surface area contributed by atoms with Gasteiger partial charge in [-0.05, 0) is 32.3 Å². The summed E-state index contributed by atoms with van der Waals surface area (Å²) < 4.78 is 39.1. The Balaban J connectivity index is 1.65. The SMILES string of the molecule is CN(C)Cc1c(N)ncnc1C(=O)NCc1ncc(C(O)Nc2ccc(Cl)c(C(F)(F)F)c2)s1. The first kappa shape index (κ1) is 25.6. The lowest BCUT2D eigenvalue weighted by Gasteiger charge is -2.15.